The summed E-state index contributed by atoms with van der Waals surface area (Å²) < 4.78 is 22.6. The quantitative estimate of drug-likeness (QED) is 0.710. The molecule has 1 N–H and O–H groups in total. The van der Waals surface area contributed by atoms with Crippen molar-refractivity contribution in [2.24, 2.45) is 0 Å². The number of carbonyl (C=O) groups is 1. The number of aromatic nitrogens is 1. The lowest BCUT2D eigenvalue weighted by Crippen LogP contribution is -2.47. The molecule has 1 atom stereocenters. The largest absolute Gasteiger partial charge is 0.477 e. The Labute approximate surface area is 171 Å². The summed E-state index contributed by atoms with van der Waals surface area (Å²) in [4.78, 5) is 28.3. The fourth-order valence-corrected chi connectivity index (χ4v) is 4.29. The number of halogens is 1. The summed E-state index contributed by atoms with van der Waals surface area (Å²) in [5.41, 5.74) is 0.0344. The van der Waals surface area contributed by atoms with Crippen LogP contribution in [-0.2, 0) is 0 Å². The number of fused-ring (bicyclic) bond motifs is 1. The van der Waals surface area contributed by atoms with Crippen LogP contribution in [0.2, 0.25) is 0 Å². The molecular weight excluding hydrogens is 389 g/mol. The molecule has 1 saturated carbocycles. The van der Waals surface area contributed by atoms with E-state index in [0.717, 1.165) is 25.1 Å². The fraction of sp³-hybridized carbons (Fsp3) is 0.364. The van der Waals surface area contributed by atoms with E-state index in [2.05, 4.69) is 4.90 Å². The molecule has 0 amide bonds. The second kappa shape index (κ2) is 6.98. The maximum Gasteiger partial charge on any atom is 0.341 e. The molecule has 1 unspecified atom stereocenters. The van der Waals surface area contributed by atoms with E-state index in [9.17, 15) is 14.7 Å². The first kappa shape index (κ1) is 18.9. The molecule has 3 aromatic rings. The minimum Gasteiger partial charge on any atom is -0.477 e. The van der Waals surface area contributed by atoms with E-state index in [-0.39, 0.29) is 23.0 Å². The van der Waals surface area contributed by atoms with E-state index in [1.807, 2.05) is 28.6 Å². The molecule has 1 aliphatic carbocycles. The highest BCUT2D eigenvalue weighted by atomic mass is 19.1. The number of carboxylic acid groups (broad SMARTS) is 1. The molecule has 1 aliphatic heterocycles. The molecule has 3 heterocycles. The van der Waals surface area contributed by atoms with Crippen LogP contribution >= 0.6 is 0 Å². The van der Waals surface area contributed by atoms with E-state index in [1.54, 1.807) is 12.3 Å². The van der Waals surface area contributed by atoms with E-state index in [1.165, 1.54) is 12.3 Å². The van der Waals surface area contributed by atoms with Crippen LogP contribution in [0.4, 0.5) is 10.1 Å². The Bertz CT molecular complexity index is 1180. The average Bonchev–Trinajstić information content (AvgIpc) is 3.42. The summed E-state index contributed by atoms with van der Waals surface area (Å²) in [6, 6.07) is 6.78. The lowest BCUT2D eigenvalue weighted by Gasteiger charge is -2.39. The van der Waals surface area contributed by atoms with Gasteiger partial charge in [0.05, 0.1) is 23.5 Å². The number of pyridine rings is 1. The predicted molar refractivity (Wildman–Crippen MR) is 110 cm³/mol. The molecule has 2 aromatic heterocycles. The van der Waals surface area contributed by atoms with Gasteiger partial charge >= 0.3 is 5.97 Å². The van der Waals surface area contributed by atoms with E-state index >= 15 is 4.39 Å². The first-order valence-corrected chi connectivity index (χ1v) is 10.0. The normalized spacial score (nSPS) is 20.1. The van der Waals surface area contributed by atoms with Crippen molar-refractivity contribution in [2.45, 2.75) is 24.9 Å². The zero-order valence-corrected chi connectivity index (χ0v) is 16.5. The minimum atomic E-state index is -1.29. The van der Waals surface area contributed by atoms with Gasteiger partial charge in [-0.3, -0.25) is 9.69 Å². The van der Waals surface area contributed by atoms with Crippen molar-refractivity contribution >= 4 is 22.6 Å². The van der Waals surface area contributed by atoms with Gasteiger partial charge in [0.2, 0.25) is 5.43 Å². The van der Waals surface area contributed by atoms with Crippen molar-refractivity contribution in [1.29, 1.82) is 0 Å². The van der Waals surface area contributed by atoms with Gasteiger partial charge in [-0.25, -0.2) is 9.18 Å². The number of rotatable bonds is 4. The van der Waals surface area contributed by atoms with Crippen LogP contribution in [-0.4, -0.2) is 47.2 Å². The van der Waals surface area contributed by atoms with Crippen molar-refractivity contribution in [1.82, 2.24) is 9.47 Å². The van der Waals surface area contributed by atoms with Gasteiger partial charge in [0, 0.05) is 37.3 Å². The molecular formula is C22H22FN3O4. The average molecular weight is 411 g/mol. The van der Waals surface area contributed by atoms with E-state index < -0.39 is 17.2 Å². The van der Waals surface area contributed by atoms with Gasteiger partial charge in [0.15, 0.2) is 0 Å². The van der Waals surface area contributed by atoms with Gasteiger partial charge in [-0.05, 0) is 44.2 Å². The maximum atomic E-state index is 15.2. The highest BCUT2D eigenvalue weighted by molar-refractivity contribution is 5.93. The minimum absolute atomic E-state index is 0.0103. The number of aromatic carboxylic acids is 1. The molecule has 2 aliphatic rings. The zero-order valence-electron chi connectivity index (χ0n) is 16.5. The fourth-order valence-electron chi connectivity index (χ4n) is 4.29. The van der Waals surface area contributed by atoms with Crippen LogP contribution in [0.5, 0.6) is 0 Å². The summed E-state index contributed by atoms with van der Waals surface area (Å²) in [7, 11) is 2.01. The number of hydrogen-bond donors (Lipinski definition) is 1. The van der Waals surface area contributed by atoms with Crippen molar-refractivity contribution < 1.29 is 18.7 Å². The van der Waals surface area contributed by atoms with Gasteiger partial charge in [0.25, 0.3) is 0 Å². The summed E-state index contributed by atoms with van der Waals surface area (Å²) >= 11 is 0. The number of benzene rings is 1. The molecule has 1 saturated heterocycles. The third-order valence-corrected chi connectivity index (χ3v) is 6.13. The molecule has 0 spiro atoms. The van der Waals surface area contributed by atoms with Gasteiger partial charge < -0.3 is 19.0 Å². The van der Waals surface area contributed by atoms with E-state index in [0.29, 0.717) is 24.3 Å². The Kier molecular flexibility index (Phi) is 4.39. The van der Waals surface area contributed by atoms with Crippen LogP contribution in [0.1, 0.15) is 41.0 Å². The Morgan fingerprint density at radius 3 is 2.73 bits per heavy atom. The Morgan fingerprint density at radius 1 is 1.27 bits per heavy atom. The third kappa shape index (κ3) is 3.08. The summed E-state index contributed by atoms with van der Waals surface area (Å²) in [6.07, 6.45) is 4.87. The van der Waals surface area contributed by atoms with Crippen LogP contribution in [0.25, 0.3) is 10.9 Å². The summed E-state index contributed by atoms with van der Waals surface area (Å²) in [6.45, 7) is 1.92. The smallest absolute Gasteiger partial charge is 0.341 e. The molecule has 0 bridgehead atoms. The highest BCUT2D eigenvalue weighted by Crippen LogP contribution is 2.38. The van der Waals surface area contributed by atoms with Crippen LogP contribution in [0, 0.1) is 5.82 Å². The van der Waals surface area contributed by atoms with E-state index in [4.69, 9.17) is 4.42 Å². The van der Waals surface area contributed by atoms with Gasteiger partial charge in [-0.15, -0.1) is 0 Å². The number of piperazine rings is 1. The van der Waals surface area contributed by atoms with Gasteiger partial charge in [-0.1, -0.05) is 0 Å². The van der Waals surface area contributed by atoms with Gasteiger partial charge in [0.1, 0.15) is 17.1 Å². The first-order valence-electron chi connectivity index (χ1n) is 10.0. The Morgan fingerprint density at radius 2 is 2.07 bits per heavy atom. The number of furan rings is 1. The number of carboxylic acids is 1. The number of hydrogen-bond acceptors (Lipinski definition) is 5. The van der Waals surface area contributed by atoms with Crippen LogP contribution < -0.4 is 10.3 Å². The van der Waals surface area contributed by atoms with Crippen LogP contribution in [0.15, 0.2) is 45.9 Å². The molecule has 30 heavy (non-hydrogen) atoms. The first-order chi connectivity index (χ1) is 14.4. The predicted octanol–water partition coefficient (Wildman–Crippen LogP) is 3.26. The third-order valence-electron chi connectivity index (χ3n) is 6.13. The molecule has 2 fully saturated rings. The summed E-state index contributed by atoms with van der Waals surface area (Å²) in [5.74, 6) is -0.988. The molecule has 8 heteroatoms. The molecule has 156 valence electrons. The zero-order chi connectivity index (χ0) is 21.0. The van der Waals surface area contributed by atoms with Crippen LogP contribution in [0.3, 0.4) is 0 Å². The maximum absolute atomic E-state index is 15.2. The van der Waals surface area contributed by atoms with Gasteiger partial charge in [-0.2, -0.15) is 0 Å². The Hall–Kier alpha value is -3.13. The van der Waals surface area contributed by atoms with Crippen molar-refractivity contribution in [2.75, 3.05) is 31.6 Å². The standard InChI is InChI=1S/C22H22FN3O4/c1-24-6-7-25(12-19(24)20-3-2-8-30-20)18-10-17-14(9-16(18)23)21(27)15(22(28)29)11-26(17)13-4-5-13/h2-3,8-11,13,19H,4-7,12H2,1H3,(H,28,29). The summed E-state index contributed by atoms with van der Waals surface area (Å²) in [5, 5.41) is 9.51. The monoisotopic (exact) mass is 411 g/mol. The number of nitrogens with zero attached hydrogens (tertiary/aromatic N) is 3. The van der Waals surface area contributed by atoms with Crippen molar-refractivity contribution in [3.8, 4) is 0 Å². The van der Waals surface area contributed by atoms with Crippen molar-refractivity contribution in [3.63, 3.8) is 0 Å². The number of anilines is 1. The molecule has 1 aromatic carbocycles. The topological polar surface area (TPSA) is 78.9 Å². The second-order valence-corrected chi connectivity index (χ2v) is 8.09. The molecule has 0 radical (unpaired) electrons. The number of likely N-dealkylation sites (N-methyl/N-ethyl adjacent to an activating group) is 1. The lowest BCUT2D eigenvalue weighted by molar-refractivity contribution is 0.0695. The van der Waals surface area contributed by atoms with Crippen molar-refractivity contribution in [3.05, 3.63) is 64.1 Å². The highest BCUT2D eigenvalue weighted by Gasteiger charge is 2.31. The SMILES string of the molecule is CN1CCN(c2cc3c(cc2F)c(=O)c(C(=O)O)cn3C2CC2)CC1c1ccco1. The second-order valence-electron chi connectivity index (χ2n) is 8.09. The molecule has 5 rings (SSSR count). The Balaban J connectivity index is 1.61. The lowest BCUT2D eigenvalue weighted by atomic mass is 10.1. The molecule has 7 nitrogen and oxygen atoms in total.